The summed E-state index contributed by atoms with van der Waals surface area (Å²) in [6.45, 7) is 0.762. The summed E-state index contributed by atoms with van der Waals surface area (Å²) in [5, 5.41) is 13.6. The largest absolute Gasteiger partial charge is 0.395 e. The molecule has 1 aromatic heterocycles. The molecule has 0 saturated heterocycles. The van der Waals surface area contributed by atoms with Gasteiger partial charge in [-0.15, -0.1) is 11.3 Å². The van der Waals surface area contributed by atoms with Crippen molar-refractivity contribution >= 4 is 17.2 Å². The van der Waals surface area contributed by atoms with Crippen LogP contribution in [0.25, 0.3) is 0 Å². The van der Waals surface area contributed by atoms with Crippen LogP contribution < -0.4 is 5.32 Å². The number of hydrogen-bond acceptors (Lipinski definition) is 4. The van der Waals surface area contributed by atoms with E-state index < -0.39 is 0 Å². The van der Waals surface area contributed by atoms with Crippen LogP contribution in [0.5, 0.6) is 0 Å². The number of likely N-dealkylation sites (N-methyl/N-ethyl adjacent to an activating group) is 1. The molecule has 5 heteroatoms. The molecule has 2 rings (SSSR count). The van der Waals surface area contributed by atoms with Crippen molar-refractivity contribution in [3.8, 4) is 11.8 Å². The fourth-order valence-corrected chi connectivity index (χ4v) is 3.20. The first-order valence-corrected chi connectivity index (χ1v) is 8.09. The molecule has 0 aromatic carbocycles. The van der Waals surface area contributed by atoms with Gasteiger partial charge in [-0.25, -0.2) is 0 Å². The number of nitrogens with zero attached hydrogens (tertiary/aromatic N) is 1. The van der Waals surface area contributed by atoms with Gasteiger partial charge in [0.1, 0.15) is 0 Å². The van der Waals surface area contributed by atoms with Gasteiger partial charge in [0.2, 0.25) is 0 Å². The predicted molar refractivity (Wildman–Crippen MR) is 85.5 cm³/mol. The maximum absolute atomic E-state index is 12.2. The smallest absolute Gasteiger partial charge is 0.252 e. The van der Waals surface area contributed by atoms with Gasteiger partial charge in [0.15, 0.2) is 0 Å². The maximum Gasteiger partial charge on any atom is 0.252 e. The summed E-state index contributed by atoms with van der Waals surface area (Å²) in [7, 11) is 4.15. The van der Waals surface area contributed by atoms with E-state index >= 15 is 0 Å². The Balaban J connectivity index is 1.91. The standard InChI is InChI=1S/C16H22N2O2S/c1-18(2)16(7-5-8-16)12-17-15(20)13-10-14(21-11-13)6-3-4-9-19/h10-11,19H,4-5,7-9,12H2,1-2H3,(H,17,20). The average Bonchev–Trinajstić information content (AvgIpc) is 2.86. The Labute approximate surface area is 130 Å². The number of thiophene rings is 1. The van der Waals surface area contributed by atoms with E-state index in [-0.39, 0.29) is 18.1 Å². The lowest BCUT2D eigenvalue weighted by atomic mass is 9.75. The Morgan fingerprint density at radius 3 is 2.86 bits per heavy atom. The number of nitrogens with one attached hydrogen (secondary N) is 1. The quantitative estimate of drug-likeness (QED) is 0.814. The Morgan fingerprint density at radius 1 is 1.52 bits per heavy atom. The minimum Gasteiger partial charge on any atom is -0.395 e. The molecule has 1 amide bonds. The molecule has 0 aliphatic heterocycles. The molecule has 0 spiro atoms. The van der Waals surface area contributed by atoms with Gasteiger partial charge in [0.05, 0.1) is 17.0 Å². The van der Waals surface area contributed by atoms with Crippen molar-refractivity contribution in [1.82, 2.24) is 10.2 Å². The van der Waals surface area contributed by atoms with E-state index in [1.165, 1.54) is 17.8 Å². The highest BCUT2D eigenvalue weighted by molar-refractivity contribution is 7.10. The number of carbonyl (C=O) groups is 1. The van der Waals surface area contributed by atoms with Crippen LogP contribution >= 0.6 is 11.3 Å². The topological polar surface area (TPSA) is 52.6 Å². The van der Waals surface area contributed by atoms with Crippen molar-refractivity contribution in [2.45, 2.75) is 31.2 Å². The van der Waals surface area contributed by atoms with Gasteiger partial charge in [0.25, 0.3) is 5.91 Å². The van der Waals surface area contributed by atoms with E-state index in [0.29, 0.717) is 18.5 Å². The molecule has 114 valence electrons. The summed E-state index contributed by atoms with van der Waals surface area (Å²) in [6, 6.07) is 1.81. The molecule has 4 nitrogen and oxygen atoms in total. The summed E-state index contributed by atoms with van der Waals surface area (Å²) in [5.41, 5.74) is 0.802. The van der Waals surface area contributed by atoms with Crippen molar-refractivity contribution < 1.29 is 9.90 Å². The second-order valence-electron chi connectivity index (χ2n) is 5.63. The minimum absolute atomic E-state index is 0.0328. The minimum atomic E-state index is -0.0328. The summed E-state index contributed by atoms with van der Waals surface area (Å²) in [5.74, 6) is 5.79. The molecule has 1 aliphatic carbocycles. The molecule has 2 N–H and O–H groups in total. The van der Waals surface area contributed by atoms with Crippen molar-refractivity contribution in [3.05, 3.63) is 21.9 Å². The number of aliphatic hydroxyl groups excluding tert-OH is 1. The zero-order chi connectivity index (χ0) is 15.3. The molecular formula is C16H22N2O2S. The highest BCUT2D eigenvalue weighted by Gasteiger charge is 2.39. The van der Waals surface area contributed by atoms with E-state index in [1.807, 2.05) is 11.4 Å². The van der Waals surface area contributed by atoms with Gasteiger partial charge in [-0.05, 0) is 39.4 Å². The van der Waals surface area contributed by atoms with Crippen molar-refractivity contribution in [2.75, 3.05) is 27.2 Å². The predicted octanol–water partition coefficient (Wildman–Crippen LogP) is 1.70. The lowest BCUT2D eigenvalue weighted by Gasteiger charge is -2.47. The van der Waals surface area contributed by atoms with Crippen molar-refractivity contribution in [2.24, 2.45) is 0 Å². The Kier molecular flexibility index (Phi) is 5.40. The first kappa shape index (κ1) is 16.0. The zero-order valence-electron chi connectivity index (χ0n) is 12.6. The lowest BCUT2D eigenvalue weighted by molar-refractivity contribution is 0.0558. The Hall–Kier alpha value is -1.35. The third-order valence-corrected chi connectivity index (χ3v) is 4.97. The maximum atomic E-state index is 12.2. The van der Waals surface area contributed by atoms with Crippen LogP contribution in [-0.2, 0) is 0 Å². The van der Waals surface area contributed by atoms with Gasteiger partial charge >= 0.3 is 0 Å². The van der Waals surface area contributed by atoms with Gasteiger partial charge in [-0.1, -0.05) is 11.8 Å². The SMILES string of the molecule is CN(C)C1(CNC(=O)c2csc(C#CCCO)c2)CCC1. The lowest BCUT2D eigenvalue weighted by Crippen LogP contribution is -2.57. The van der Waals surface area contributed by atoms with E-state index in [1.54, 1.807) is 0 Å². The highest BCUT2D eigenvalue weighted by Crippen LogP contribution is 2.35. The third kappa shape index (κ3) is 3.85. The van der Waals surface area contributed by atoms with E-state index in [9.17, 15) is 4.79 Å². The van der Waals surface area contributed by atoms with Gasteiger partial charge in [-0.2, -0.15) is 0 Å². The first-order valence-electron chi connectivity index (χ1n) is 7.21. The van der Waals surface area contributed by atoms with Crippen molar-refractivity contribution in [1.29, 1.82) is 0 Å². The summed E-state index contributed by atoms with van der Waals surface area (Å²) < 4.78 is 0. The molecule has 1 fully saturated rings. The second-order valence-corrected chi connectivity index (χ2v) is 6.54. The van der Waals surface area contributed by atoms with Crippen LogP contribution in [0.2, 0.25) is 0 Å². The molecule has 1 heterocycles. The molecule has 0 radical (unpaired) electrons. The number of hydrogen-bond donors (Lipinski definition) is 2. The average molecular weight is 306 g/mol. The van der Waals surface area contributed by atoms with Gasteiger partial charge in [0, 0.05) is 23.9 Å². The molecule has 21 heavy (non-hydrogen) atoms. The van der Waals surface area contributed by atoms with Crippen LogP contribution in [0.3, 0.4) is 0 Å². The fraction of sp³-hybridized carbons (Fsp3) is 0.562. The number of carbonyl (C=O) groups excluding carboxylic acids is 1. The first-order chi connectivity index (χ1) is 10.1. The van der Waals surface area contributed by atoms with Crippen LogP contribution in [0.15, 0.2) is 11.4 Å². The molecule has 0 unspecified atom stereocenters. The van der Waals surface area contributed by atoms with Crippen LogP contribution in [-0.4, -0.2) is 48.7 Å². The van der Waals surface area contributed by atoms with Gasteiger partial charge < -0.3 is 15.3 Å². The van der Waals surface area contributed by atoms with Gasteiger partial charge in [-0.3, -0.25) is 4.79 Å². The molecule has 0 atom stereocenters. The highest BCUT2D eigenvalue weighted by atomic mass is 32.1. The fourth-order valence-electron chi connectivity index (χ4n) is 2.44. The Morgan fingerprint density at radius 2 is 2.29 bits per heavy atom. The monoisotopic (exact) mass is 306 g/mol. The van der Waals surface area contributed by atoms with Crippen LogP contribution in [0.1, 0.15) is 40.9 Å². The summed E-state index contributed by atoms with van der Waals surface area (Å²) in [6.07, 6.45) is 3.98. The number of amides is 1. The van der Waals surface area contributed by atoms with Crippen LogP contribution in [0.4, 0.5) is 0 Å². The number of aliphatic hydroxyl groups is 1. The third-order valence-electron chi connectivity index (χ3n) is 4.12. The Bertz CT molecular complexity index is 550. The molecule has 1 aliphatic rings. The van der Waals surface area contributed by atoms with E-state index in [0.717, 1.165) is 17.7 Å². The zero-order valence-corrected chi connectivity index (χ0v) is 13.4. The summed E-state index contributed by atoms with van der Waals surface area (Å²) >= 11 is 1.46. The van der Waals surface area contributed by atoms with Crippen LogP contribution in [0, 0.1) is 11.8 Å². The normalized spacial score (nSPS) is 16.0. The van der Waals surface area contributed by atoms with Crippen molar-refractivity contribution in [3.63, 3.8) is 0 Å². The van der Waals surface area contributed by atoms with E-state index in [4.69, 9.17) is 5.11 Å². The second kappa shape index (κ2) is 7.08. The molecule has 1 aromatic rings. The molecular weight excluding hydrogens is 284 g/mol. The number of rotatable bonds is 5. The summed E-state index contributed by atoms with van der Waals surface area (Å²) in [4.78, 5) is 15.3. The van der Waals surface area contributed by atoms with E-state index in [2.05, 4.69) is 36.2 Å². The molecule has 1 saturated carbocycles. The molecule has 0 bridgehead atoms.